The number of nitrogens with two attached hydrogens (primary N) is 1. The zero-order valence-electron chi connectivity index (χ0n) is 20.1. The number of amides is 1. The molecule has 0 radical (unpaired) electrons. The molecule has 0 bridgehead atoms. The minimum Gasteiger partial charge on any atom is -0.384 e. The predicted octanol–water partition coefficient (Wildman–Crippen LogP) is 4.58. The fraction of sp³-hybridized carbons (Fsp3) is 0.280. The van der Waals surface area contributed by atoms with Gasteiger partial charge in [0.15, 0.2) is 5.16 Å². The van der Waals surface area contributed by atoms with Gasteiger partial charge in [0.25, 0.3) is 0 Å². The van der Waals surface area contributed by atoms with E-state index in [2.05, 4.69) is 15.3 Å². The van der Waals surface area contributed by atoms with Gasteiger partial charge in [-0.3, -0.25) is 14.7 Å². The monoisotopic (exact) mass is 498 g/mol. The maximum atomic E-state index is 14.7. The van der Waals surface area contributed by atoms with Gasteiger partial charge >= 0.3 is 0 Å². The van der Waals surface area contributed by atoms with E-state index in [0.717, 1.165) is 40.1 Å². The van der Waals surface area contributed by atoms with Crippen molar-refractivity contribution < 1.29 is 13.6 Å². The molecule has 2 aromatic carbocycles. The number of carbonyl (C=O) groups is 1. The predicted molar refractivity (Wildman–Crippen MR) is 137 cm³/mol. The molecule has 1 aromatic heterocycles. The van der Waals surface area contributed by atoms with Gasteiger partial charge in [-0.1, -0.05) is 36.9 Å². The summed E-state index contributed by atoms with van der Waals surface area (Å²) in [5, 5.41) is 3.39. The molecular weight excluding hydrogens is 470 g/mol. The summed E-state index contributed by atoms with van der Waals surface area (Å²) in [5.41, 5.74) is 9.12. The van der Waals surface area contributed by atoms with Crippen molar-refractivity contribution in [2.75, 3.05) is 24.7 Å². The van der Waals surface area contributed by atoms with Gasteiger partial charge < -0.3 is 11.1 Å². The highest BCUT2D eigenvalue weighted by molar-refractivity contribution is 7.98. The molecule has 0 aliphatic rings. The van der Waals surface area contributed by atoms with E-state index in [4.69, 9.17) is 10.7 Å². The first-order valence-corrected chi connectivity index (χ1v) is 12.3. The largest absolute Gasteiger partial charge is 0.384 e. The SMILES string of the molecule is CCCN=C(N)c1ccc(C)c(-c2nc(SC)nc(N(C=O)c3c(F)cccc3F)c2CNC)c1. The first-order valence-electron chi connectivity index (χ1n) is 11.1. The summed E-state index contributed by atoms with van der Waals surface area (Å²) in [6.45, 7) is 4.79. The third-order valence-corrected chi connectivity index (χ3v) is 5.85. The summed E-state index contributed by atoms with van der Waals surface area (Å²) in [7, 11) is 1.73. The standard InChI is InChI=1S/C25H28F2N6OS/c1-5-11-30-23(28)16-10-9-15(2)17(12-16)21-18(13-29-3)24(32-25(31-21)35-4)33(14-34)22-19(26)7-6-8-20(22)27/h6-10,12,14,29H,5,11,13H2,1-4H3,(H2,28,30). The van der Waals surface area contributed by atoms with E-state index in [0.29, 0.717) is 35.2 Å². The van der Waals surface area contributed by atoms with E-state index >= 15 is 0 Å². The second-order valence-electron chi connectivity index (χ2n) is 7.73. The summed E-state index contributed by atoms with van der Waals surface area (Å²) >= 11 is 1.26. The van der Waals surface area contributed by atoms with Crippen LogP contribution in [0.4, 0.5) is 20.3 Å². The molecule has 7 nitrogen and oxygen atoms in total. The van der Waals surface area contributed by atoms with Crippen molar-refractivity contribution in [1.29, 1.82) is 0 Å². The normalized spacial score (nSPS) is 11.5. The van der Waals surface area contributed by atoms with Crippen molar-refractivity contribution >= 4 is 35.5 Å². The molecular formula is C25H28F2N6OS. The molecule has 3 N–H and O–H groups in total. The Bertz CT molecular complexity index is 1230. The van der Waals surface area contributed by atoms with E-state index in [1.807, 2.05) is 32.0 Å². The van der Waals surface area contributed by atoms with Crippen molar-refractivity contribution in [3.05, 3.63) is 64.7 Å². The molecule has 0 spiro atoms. The van der Waals surface area contributed by atoms with Gasteiger partial charge in [0.05, 0.1) is 5.69 Å². The number of nitrogens with one attached hydrogen (secondary N) is 1. The van der Waals surface area contributed by atoms with Gasteiger partial charge in [-0.2, -0.15) is 0 Å². The van der Waals surface area contributed by atoms with Crippen LogP contribution in [0.15, 0.2) is 46.5 Å². The van der Waals surface area contributed by atoms with E-state index in [9.17, 15) is 13.6 Å². The molecule has 10 heteroatoms. The van der Waals surface area contributed by atoms with Gasteiger partial charge in [0, 0.05) is 29.8 Å². The fourth-order valence-electron chi connectivity index (χ4n) is 3.59. The maximum absolute atomic E-state index is 14.7. The number of rotatable bonds is 10. The quantitative estimate of drug-likeness (QED) is 0.140. The molecule has 0 fully saturated rings. The van der Waals surface area contributed by atoms with Crippen LogP contribution in [-0.4, -0.2) is 42.1 Å². The number of aromatic nitrogens is 2. The Hall–Kier alpha value is -3.37. The highest BCUT2D eigenvalue weighted by atomic mass is 32.2. The Balaban J connectivity index is 2.32. The molecule has 1 heterocycles. The molecule has 184 valence electrons. The number of benzene rings is 2. The van der Waals surface area contributed by atoms with Gasteiger partial charge in [0.1, 0.15) is 29.0 Å². The van der Waals surface area contributed by atoms with Crippen LogP contribution in [0.3, 0.4) is 0 Å². The minimum absolute atomic E-state index is 0.0881. The van der Waals surface area contributed by atoms with Gasteiger partial charge in [0.2, 0.25) is 6.41 Å². The van der Waals surface area contributed by atoms with Crippen LogP contribution < -0.4 is 16.0 Å². The van der Waals surface area contributed by atoms with Crippen LogP contribution >= 0.6 is 11.8 Å². The Labute approximate surface area is 207 Å². The van der Waals surface area contributed by atoms with Gasteiger partial charge in [-0.15, -0.1) is 0 Å². The Morgan fingerprint density at radius 1 is 1.23 bits per heavy atom. The summed E-state index contributed by atoms with van der Waals surface area (Å²) in [6.07, 6.45) is 3.01. The molecule has 0 saturated carbocycles. The minimum atomic E-state index is -0.878. The first kappa shape index (κ1) is 26.2. The molecule has 0 unspecified atom stereocenters. The molecule has 1 amide bonds. The van der Waals surface area contributed by atoms with E-state index in [1.54, 1.807) is 13.3 Å². The summed E-state index contributed by atoms with van der Waals surface area (Å²) < 4.78 is 29.3. The fourth-order valence-corrected chi connectivity index (χ4v) is 3.95. The number of amidine groups is 1. The number of thioether (sulfide) groups is 1. The van der Waals surface area contributed by atoms with Gasteiger partial charge in [-0.25, -0.2) is 18.7 Å². The highest BCUT2D eigenvalue weighted by Crippen LogP contribution is 2.37. The number of halogens is 2. The van der Waals surface area contributed by atoms with Crippen LogP contribution in [0, 0.1) is 18.6 Å². The topological polar surface area (TPSA) is 96.5 Å². The maximum Gasteiger partial charge on any atom is 0.220 e. The van der Waals surface area contributed by atoms with Crippen molar-refractivity contribution in [1.82, 2.24) is 15.3 Å². The average Bonchev–Trinajstić information content (AvgIpc) is 2.85. The highest BCUT2D eigenvalue weighted by Gasteiger charge is 2.26. The molecule has 0 saturated heterocycles. The van der Waals surface area contributed by atoms with Crippen LogP contribution in [0.2, 0.25) is 0 Å². The van der Waals surface area contributed by atoms with Crippen molar-refractivity contribution in [3.63, 3.8) is 0 Å². The van der Waals surface area contributed by atoms with Crippen molar-refractivity contribution in [3.8, 4) is 11.3 Å². The molecule has 0 aliphatic carbocycles. The summed E-state index contributed by atoms with van der Waals surface area (Å²) in [4.78, 5) is 26.7. The zero-order chi connectivity index (χ0) is 25.5. The molecule has 0 atom stereocenters. The lowest BCUT2D eigenvalue weighted by atomic mass is 9.98. The number of hydrogen-bond donors (Lipinski definition) is 2. The molecule has 35 heavy (non-hydrogen) atoms. The first-order chi connectivity index (χ1) is 16.9. The third-order valence-electron chi connectivity index (χ3n) is 5.31. The number of carbonyl (C=O) groups excluding carboxylic acids is 1. The molecule has 3 rings (SSSR count). The molecule has 0 aliphatic heterocycles. The van der Waals surface area contributed by atoms with Crippen molar-refractivity contribution in [2.45, 2.75) is 32.0 Å². The zero-order valence-corrected chi connectivity index (χ0v) is 20.9. The summed E-state index contributed by atoms with van der Waals surface area (Å²) in [5.74, 6) is -1.26. The second-order valence-corrected chi connectivity index (χ2v) is 8.51. The Morgan fingerprint density at radius 2 is 1.94 bits per heavy atom. The van der Waals surface area contributed by atoms with E-state index in [-0.39, 0.29) is 12.4 Å². The number of aliphatic imine (C=N–C) groups is 1. The number of para-hydroxylation sites is 1. The van der Waals surface area contributed by atoms with E-state index < -0.39 is 17.3 Å². The van der Waals surface area contributed by atoms with E-state index in [1.165, 1.54) is 17.8 Å². The van der Waals surface area contributed by atoms with Crippen LogP contribution in [-0.2, 0) is 11.3 Å². The van der Waals surface area contributed by atoms with Crippen LogP contribution in [0.1, 0.15) is 30.0 Å². The lowest BCUT2D eigenvalue weighted by molar-refractivity contribution is -0.106. The molecule has 3 aromatic rings. The smallest absolute Gasteiger partial charge is 0.220 e. The van der Waals surface area contributed by atoms with Crippen LogP contribution in [0.25, 0.3) is 11.3 Å². The average molecular weight is 499 g/mol. The third kappa shape index (κ3) is 5.66. The summed E-state index contributed by atoms with van der Waals surface area (Å²) in [6, 6.07) is 9.11. The lowest BCUT2D eigenvalue weighted by Crippen LogP contribution is -2.23. The lowest BCUT2D eigenvalue weighted by Gasteiger charge is -2.23. The van der Waals surface area contributed by atoms with Crippen molar-refractivity contribution in [2.24, 2.45) is 10.7 Å². The number of aryl methyl sites for hydroxylation is 1. The number of anilines is 2. The number of hydrogen-bond acceptors (Lipinski definition) is 6. The number of nitrogens with zero attached hydrogens (tertiary/aromatic N) is 4. The Kier molecular flexibility index (Phi) is 8.89. The van der Waals surface area contributed by atoms with Gasteiger partial charge in [-0.05, 0) is 50.4 Å². The second kappa shape index (κ2) is 11.9. The van der Waals surface area contributed by atoms with Crippen LogP contribution in [0.5, 0.6) is 0 Å². The Morgan fingerprint density at radius 3 is 2.54 bits per heavy atom.